The van der Waals surface area contributed by atoms with Gasteiger partial charge in [0.15, 0.2) is 5.60 Å². The van der Waals surface area contributed by atoms with E-state index in [0.29, 0.717) is 19.5 Å². The number of hydrogen-bond acceptors (Lipinski definition) is 4. The van der Waals surface area contributed by atoms with E-state index in [1.54, 1.807) is 18.2 Å². The van der Waals surface area contributed by atoms with Crippen molar-refractivity contribution in [3.05, 3.63) is 24.3 Å². The van der Waals surface area contributed by atoms with Crippen LogP contribution in [-0.2, 0) is 4.79 Å². The fourth-order valence-electron chi connectivity index (χ4n) is 2.28. The van der Waals surface area contributed by atoms with Crippen LogP contribution in [-0.4, -0.2) is 40.0 Å². The number of aliphatic hydroxyl groups is 1. The summed E-state index contributed by atoms with van der Waals surface area (Å²) in [4.78, 5) is 13.0. The van der Waals surface area contributed by atoms with Crippen LogP contribution in [0.5, 0.6) is 5.75 Å². The zero-order valence-corrected chi connectivity index (χ0v) is 10.0. The smallest absolute Gasteiger partial charge is 0.335 e. The van der Waals surface area contributed by atoms with Gasteiger partial charge in [0.05, 0.1) is 0 Å². The lowest BCUT2D eigenvalue weighted by molar-refractivity contribution is -0.159. The van der Waals surface area contributed by atoms with Crippen LogP contribution in [0.3, 0.4) is 0 Å². The molecule has 18 heavy (non-hydrogen) atoms. The summed E-state index contributed by atoms with van der Waals surface area (Å²) in [5.41, 5.74) is -0.768. The largest absolute Gasteiger partial charge is 0.508 e. The molecule has 2 rings (SSSR count). The fourth-order valence-corrected chi connectivity index (χ4v) is 2.28. The maximum absolute atomic E-state index is 11.0. The molecule has 5 nitrogen and oxygen atoms in total. The zero-order chi connectivity index (χ0) is 13.2. The number of aromatic hydroxyl groups is 1. The number of nitrogens with zero attached hydrogens (tertiary/aromatic N) is 1. The lowest BCUT2D eigenvalue weighted by atomic mass is 9.95. The van der Waals surface area contributed by atoms with Crippen LogP contribution >= 0.6 is 0 Å². The summed E-state index contributed by atoms with van der Waals surface area (Å²) < 4.78 is 0. The van der Waals surface area contributed by atoms with E-state index in [1.807, 2.05) is 11.0 Å². The molecule has 0 radical (unpaired) electrons. The van der Waals surface area contributed by atoms with Gasteiger partial charge in [0.25, 0.3) is 0 Å². The Morgan fingerprint density at radius 2 is 2.06 bits per heavy atom. The first-order valence-electron chi connectivity index (χ1n) is 6.01. The molecule has 0 amide bonds. The Morgan fingerprint density at radius 3 is 2.72 bits per heavy atom. The van der Waals surface area contributed by atoms with Crippen LogP contribution in [0.25, 0.3) is 0 Å². The third-order valence-electron chi connectivity index (χ3n) is 3.41. The van der Waals surface area contributed by atoms with E-state index in [4.69, 9.17) is 5.11 Å². The third-order valence-corrected chi connectivity index (χ3v) is 3.41. The average Bonchev–Trinajstić information content (AvgIpc) is 2.52. The van der Waals surface area contributed by atoms with Gasteiger partial charge < -0.3 is 20.2 Å². The fraction of sp³-hybridized carbons (Fsp3) is 0.462. The number of hydrogen-bond donors (Lipinski definition) is 3. The van der Waals surface area contributed by atoms with Crippen LogP contribution in [0.1, 0.15) is 19.3 Å². The van der Waals surface area contributed by atoms with E-state index in [9.17, 15) is 15.0 Å². The molecule has 1 aliphatic heterocycles. The predicted molar refractivity (Wildman–Crippen MR) is 66.8 cm³/mol. The normalized spacial score (nSPS) is 24.6. The number of carboxylic acids is 1. The van der Waals surface area contributed by atoms with Crippen molar-refractivity contribution in [1.29, 1.82) is 0 Å². The number of aliphatic carboxylic acids is 1. The molecule has 98 valence electrons. The van der Waals surface area contributed by atoms with Gasteiger partial charge in [-0.3, -0.25) is 0 Å². The van der Waals surface area contributed by atoms with Crippen LogP contribution in [0.4, 0.5) is 5.69 Å². The summed E-state index contributed by atoms with van der Waals surface area (Å²) in [6.45, 7) is 1.14. The lowest BCUT2D eigenvalue weighted by Gasteiger charge is -2.24. The van der Waals surface area contributed by atoms with Gasteiger partial charge in [-0.2, -0.15) is 0 Å². The molecular weight excluding hydrogens is 234 g/mol. The van der Waals surface area contributed by atoms with E-state index in [1.165, 1.54) is 0 Å². The van der Waals surface area contributed by atoms with Crippen molar-refractivity contribution >= 4 is 11.7 Å². The summed E-state index contributed by atoms with van der Waals surface area (Å²) in [5, 5.41) is 28.4. The van der Waals surface area contributed by atoms with Gasteiger partial charge in [-0.25, -0.2) is 4.79 Å². The van der Waals surface area contributed by atoms with Crippen molar-refractivity contribution in [3.8, 4) is 5.75 Å². The van der Waals surface area contributed by atoms with Gasteiger partial charge in [-0.15, -0.1) is 0 Å². The molecule has 1 heterocycles. The van der Waals surface area contributed by atoms with Crippen molar-refractivity contribution in [2.24, 2.45) is 0 Å². The molecule has 1 aromatic rings. The van der Waals surface area contributed by atoms with Crippen molar-refractivity contribution in [1.82, 2.24) is 0 Å². The third kappa shape index (κ3) is 2.56. The molecule has 0 saturated carbocycles. The first-order valence-corrected chi connectivity index (χ1v) is 6.01. The van der Waals surface area contributed by atoms with E-state index in [2.05, 4.69) is 0 Å². The van der Waals surface area contributed by atoms with E-state index < -0.39 is 11.6 Å². The Bertz CT molecular complexity index is 448. The highest BCUT2D eigenvalue weighted by Gasteiger charge is 2.37. The van der Waals surface area contributed by atoms with Gasteiger partial charge in [0, 0.05) is 31.3 Å². The van der Waals surface area contributed by atoms with Crippen LogP contribution < -0.4 is 4.90 Å². The van der Waals surface area contributed by atoms with Crippen LogP contribution in [0.2, 0.25) is 0 Å². The van der Waals surface area contributed by atoms with E-state index >= 15 is 0 Å². The predicted octanol–water partition coefficient (Wildman–Crippen LogP) is 1.20. The van der Waals surface area contributed by atoms with Crippen molar-refractivity contribution in [2.75, 3.05) is 18.0 Å². The molecule has 1 fully saturated rings. The number of anilines is 1. The molecule has 0 aromatic heterocycles. The Hall–Kier alpha value is -1.75. The summed E-state index contributed by atoms with van der Waals surface area (Å²) in [6.07, 6.45) is 1.06. The first kappa shape index (κ1) is 12.7. The number of rotatable bonds is 2. The van der Waals surface area contributed by atoms with E-state index in [-0.39, 0.29) is 18.6 Å². The molecule has 1 aromatic carbocycles. The Labute approximate surface area is 105 Å². The minimum atomic E-state index is -1.62. The highest BCUT2D eigenvalue weighted by atomic mass is 16.4. The van der Waals surface area contributed by atoms with Crippen LogP contribution in [0, 0.1) is 0 Å². The highest BCUT2D eigenvalue weighted by Crippen LogP contribution is 2.27. The molecule has 0 aliphatic carbocycles. The first-order chi connectivity index (χ1) is 8.51. The number of benzene rings is 1. The number of phenolic OH excluding ortho intramolecular Hbond substituents is 1. The molecule has 0 spiro atoms. The Kier molecular flexibility index (Phi) is 3.43. The van der Waals surface area contributed by atoms with Gasteiger partial charge in [0.2, 0.25) is 0 Å². The number of phenols is 1. The van der Waals surface area contributed by atoms with Gasteiger partial charge >= 0.3 is 5.97 Å². The van der Waals surface area contributed by atoms with Gasteiger partial charge in [0.1, 0.15) is 5.75 Å². The number of carboxylic acid groups (broad SMARTS) is 1. The second kappa shape index (κ2) is 4.86. The lowest BCUT2D eigenvalue weighted by Crippen LogP contribution is -2.39. The Balaban J connectivity index is 2.12. The maximum Gasteiger partial charge on any atom is 0.335 e. The Morgan fingerprint density at radius 1 is 1.28 bits per heavy atom. The second-order valence-corrected chi connectivity index (χ2v) is 4.70. The molecule has 5 heteroatoms. The van der Waals surface area contributed by atoms with Crippen molar-refractivity contribution < 1.29 is 20.1 Å². The quantitative estimate of drug-likeness (QED) is 0.735. The summed E-state index contributed by atoms with van der Waals surface area (Å²) in [7, 11) is 0. The molecule has 1 saturated heterocycles. The number of carbonyl (C=O) groups is 1. The maximum atomic E-state index is 11.0. The summed E-state index contributed by atoms with van der Waals surface area (Å²) in [5.74, 6) is -0.967. The minimum Gasteiger partial charge on any atom is -0.508 e. The average molecular weight is 251 g/mol. The second-order valence-electron chi connectivity index (χ2n) is 4.70. The van der Waals surface area contributed by atoms with Gasteiger partial charge in [-0.05, 0) is 25.0 Å². The molecular formula is C13H17NO4. The topological polar surface area (TPSA) is 81.0 Å². The van der Waals surface area contributed by atoms with Crippen LogP contribution in [0.15, 0.2) is 24.3 Å². The standard InChI is InChI=1S/C13H17NO4/c15-11-4-1-3-10(9-11)14-7-2-5-13(18,6-8-14)12(16)17/h1,3-4,9,15,18H,2,5-8H2,(H,16,17). The molecule has 3 N–H and O–H groups in total. The molecule has 0 bridgehead atoms. The minimum absolute atomic E-state index is 0.185. The summed E-state index contributed by atoms with van der Waals surface area (Å²) in [6, 6.07) is 6.85. The van der Waals surface area contributed by atoms with Gasteiger partial charge in [-0.1, -0.05) is 6.07 Å². The SMILES string of the molecule is O=C(O)C1(O)CCCN(c2cccc(O)c2)CC1. The zero-order valence-electron chi connectivity index (χ0n) is 10.0. The highest BCUT2D eigenvalue weighted by molar-refractivity contribution is 5.77. The van der Waals surface area contributed by atoms with Crippen molar-refractivity contribution in [2.45, 2.75) is 24.9 Å². The molecule has 1 unspecified atom stereocenters. The molecule has 1 aliphatic rings. The van der Waals surface area contributed by atoms with Crippen molar-refractivity contribution in [3.63, 3.8) is 0 Å². The van der Waals surface area contributed by atoms with E-state index in [0.717, 1.165) is 5.69 Å². The summed E-state index contributed by atoms with van der Waals surface area (Å²) >= 11 is 0. The molecule has 1 atom stereocenters. The monoisotopic (exact) mass is 251 g/mol.